The Morgan fingerprint density at radius 1 is 1.21 bits per heavy atom. The number of hydrogen-bond donors (Lipinski definition) is 2. The number of carbonyl (C=O) groups is 2. The van der Waals surface area contributed by atoms with E-state index in [4.69, 9.17) is 9.47 Å². The average molecular weight is 429 g/mol. The van der Waals surface area contributed by atoms with Gasteiger partial charge in [0, 0.05) is 0 Å². The van der Waals surface area contributed by atoms with E-state index in [0.717, 1.165) is 11.3 Å². The van der Waals surface area contributed by atoms with E-state index in [1.807, 2.05) is 11.6 Å². The molecule has 2 aromatic heterocycles. The van der Waals surface area contributed by atoms with Crippen LogP contribution in [0.4, 0.5) is 10.7 Å². The molecule has 0 fully saturated rings. The molecule has 2 aromatic rings. The van der Waals surface area contributed by atoms with Gasteiger partial charge in [0.1, 0.15) is 15.6 Å². The summed E-state index contributed by atoms with van der Waals surface area (Å²) < 4.78 is 37.0. The van der Waals surface area contributed by atoms with Crippen molar-refractivity contribution in [1.29, 1.82) is 0 Å². The highest BCUT2D eigenvalue weighted by molar-refractivity contribution is 7.90. The van der Waals surface area contributed by atoms with Gasteiger partial charge in [0.25, 0.3) is 10.0 Å². The topological polar surface area (TPSA) is 149 Å². The summed E-state index contributed by atoms with van der Waals surface area (Å²) in [4.78, 5) is 35.4. The molecule has 2 amide bonds. The van der Waals surface area contributed by atoms with Gasteiger partial charge in [0.15, 0.2) is 0 Å². The summed E-state index contributed by atoms with van der Waals surface area (Å²) in [6.07, 6.45) is 0.591. The van der Waals surface area contributed by atoms with Gasteiger partial charge in [-0.05, 0) is 31.2 Å². The van der Waals surface area contributed by atoms with Gasteiger partial charge in [-0.3, -0.25) is 5.32 Å². The van der Waals surface area contributed by atoms with Crippen molar-refractivity contribution in [3.63, 3.8) is 0 Å². The van der Waals surface area contributed by atoms with E-state index >= 15 is 0 Å². The number of anilines is 1. The summed E-state index contributed by atoms with van der Waals surface area (Å²) in [6.45, 7) is 5.03. The summed E-state index contributed by atoms with van der Waals surface area (Å²) >= 11 is 0.925. The largest absolute Gasteiger partial charge is 0.467 e. The lowest BCUT2D eigenvalue weighted by Crippen LogP contribution is -2.35. The van der Waals surface area contributed by atoms with E-state index in [1.165, 1.54) is 19.4 Å². The van der Waals surface area contributed by atoms with Gasteiger partial charge >= 0.3 is 18.0 Å². The molecule has 11 nitrogen and oxygen atoms in total. The first-order chi connectivity index (χ1) is 13.2. The SMILES string of the molecule is CCCOC(=O)c1scc(C)c1S(=O)(=O)NC(=O)Nc1nc(C)nc(OC)n1. The number of nitrogens with zero attached hydrogens (tertiary/aromatic N) is 3. The maximum Gasteiger partial charge on any atom is 0.349 e. The number of carbonyl (C=O) groups excluding carboxylic acids is 2. The Kier molecular flexibility index (Phi) is 6.85. The van der Waals surface area contributed by atoms with E-state index in [9.17, 15) is 18.0 Å². The van der Waals surface area contributed by atoms with Crippen LogP contribution in [0, 0.1) is 13.8 Å². The number of aryl methyl sites for hydroxylation is 2. The fourth-order valence-electron chi connectivity index (χ4n) is 2.07. The second-order valence-corrected chi connectivity index (χ2v) is 7.96. The minimum Gasteiger partial charge on any atom is -0.467 e. The Hall–Kier alpha value is -2.80. The van der Waals surface area contributed by atoms with Gasteiger partial charge < -0.3 is 9.47 Å². The lowest BCUT2D eigenvalue weighted by atomic mass is 10.3. The molecule has 28 heavy (non-hydrogen) atoms. The highest BCUT2D eigenvalue weighted by Crippen LogP contribution is 2.27. The number of sulfonamides is 1. The third-order valence-corrected chi connectivity index (χ3v) is 5.90. The number of methoxy groups -OCH3 is 1. The Balaban J connectivity index is 2.22. The van der Waals surface area contributed by atoms with E-state index in [2.05, 4.69) is 20.3 Å². The Labute approximate surface area is 165 Å². The van der Waals surface area contributed by atoms with Gasteiger partial charge in [-0.2, -0.15) is 15.0 Å². The standard InChI is InChI=1S/C15H19N5O6S2/c1-5-6-26-12(21)10-11(8(2)7-27-10)28(23,24)20-14(22)18-13-16-9(3)17-15(19-13)25-4/h7H,5-6H2,1-4H3,(H2,16,17,18,19,20,22). The number of nitrogens with one attached hydrogen (secondary N) is 2. The lowest BCUT2D eigenvalue weighted by molar-refractivity contribution is 0.0506. The van der Waals surface area contributed by atoms with Crippen molar-refractivity contribution >= 4 is 39.3 Å². The lowest BCUT2D eigenvalue weighted by Gasteiger charge is -2.10. The zero-order valence-electron chi connectivity index (χ0n) is 15.6. The molecular formula is C15H19N5O6S2. The first kappa shape index (κ1) is 21.5. The molecule has 13 heteroatoms. The smallest absolute Gasteiger partial charge is 0.349 e. The van der Waals surface area contributed by atoms with Crippen LogP contribution in [0.25, 0.3) is 0 Å². The number of urea groups is 1. The van der Waals surface area contributed by atoms with Crippen LogP contribution < -0.4 is 14.8 Å². The molecule has 2 rings (SSSR count). The Morgan fingerprint density at radius 2 is 1.93 bits per heavy atom. The normalized spacial score (nSPS) is 11.0. The summed E-state index contributed by atoms with van der Waals surface area (Å²) in [5, 5.41) is 3.69. The second kappa shape index (κ2) is 8.93. The fraction of sp³-hybridized carbons (Fsp3) is 0.400. The summed E-state index contributed by atoms with van der Waals surface area (Å²) in [6, 6.07) is -1.15. The highest BCUT2D eigenvalue weighted by Gasteiger charge is 2.29. The van der Waals surface area contributed by atoms with Crippen LogP contribution in [0.15, 0.2) is 10.3 Å². The van der Waals surface area contributed by atoms with E-state index in [0.29, 0.717) is 12.0 Å². The highest BCUT2D eigenvalue weighted by atomic mass is 32.2. The number of hydrogen-bond acceptors (Lipinski definition) is 10. The maximum absolute atomic E-state index is 12.7. The molecule has 2 N–H and O–H groups in total. The Bertz CT molecular complexity index is 989. The third kappa shape index (κ3) is 5.13. The van der Waals surface area contributed by atoms with Crippen LogP contribution in [-0.4, -0.2) is 49.1 Å². The minimum atomic E-state index is -4.35. The molecule has 0 atom stereocenters. The molecule has 0 aliphatic carbocycles. The van der Waals surface area contributed by atoms with Crippen molar-refractivity contribution < 1.29 is 27.5 Å². The van der Waals surface area contributed by atoms with E-state index in [1.54, 1.807) is 6.92 Å². The molecule has 0 aliphatic rings. The number of rotatable bonds is 7. The quantitative estimate of drug-likeness (QED) is 0.626. The zero-order chi connectivity index (χ0) is 20.9. The summed E-state index contributed by atoms with van der Waals surface area (Å²) in [5.74, 6) is -0.695. The predicted octanol–water partition coefficient (Wildman–Crippen LogP) is 1.64. The average Bonchev–Trinajstić information content (AvgIpc) is 3.01. The van der Waals surface area contributed by atoms with Crippen LogP contribution >= 0.6 is 11.3 Å². The number of thiophene rings is 1. The van der Waals surface area contributed by atoms with Crippen molar-refractivity contribution in [2.24, 2.45) is 0 Å². The first-order valence-corrected chi connectivity index (χ1v) is 10.4. The molecule has 0 aromatic carbocycles. The molecule has 152 valence electrons. The van der Waals surface area contributed by atoms with Gasteiger partial charge in [0.2, 0.25) is 5.95 Å². The van der Waals surface area contributed by atoms with E-state index in [-0.39, 0.29) is 34.2 Å². The molecule has 0 unspecified atom stereocenters. The maximum atomic E-state index is 12.7. The monoisotopic (exact) mass is 429 g/mol. The van der Waals surface area contributed by atoms with Crippen LogP contribution in [0.3, 0.4) is 0 Å². The second-order valence-electron chi connectivity index (χ2n) is 5.47. The molecule has 0 spiro atoms. The van der Waals surface area contributed by atoms with Crippen LogP contribution in [0.5, 0.6) is 6.01 Å². The van der Waals surface area contributed by atoms with E-state index < -0.39 is 22.0 Å². The van der Waals surface area contributed by atoms with Crippen LogP contribution in [-0.2, 0) is 14.8 Å². The predicted molar refractivity (Wildman–Crippen MR) is 100 cm³/mol. The number of esters is 1. The van der Waals surface area contributed by atoms with Gasteiger partial charge in [-0.1, -0.05) is 6.92 Å². The number of aromatic nitrogens is 3. The van der Waals surface area contributed by atoms with Gasteiger partial charge in [-0.25, -0.2) is 22.7 Å². The first-order valence-electron chi connectivity index (χ1n) is 8.03. The van der Waals surface area contributed by atoms with Crippen molar-refractivity contribution in [3.8, 4) is 6.01 Å². The van der Waals surface area contributed by atoms with Gasteiger partial charge in [-0.15, -0.1) is 11.3 Å². The number of amides is 2. The molecule has 2 heterocycles. The van der Waals surface area contributed by atoms with Gasteiger partial charge in [0.05, 0.1) is 13.7 Å². The third-order valence-electron chi connectivity index (χ3n) is 3.17. The van der Waals surface area contributed by atoms with Crippen molar-refractivity contribution in [3.05, 3.63) is 21.6 Å². The molecule has 0 saturated heterocycles. The molecule has 0 saturated carbocycles. The van der Waals surface area contributed by atoms with Crippen molar-refractivity contribution in [2.45, 2.75) is 32.1 Å². The molecule has 0 bridgehead atoms. The Morgan fingerprint density at radius 3 is 2.57 bits per heavy atom. The van der Waals surface area contributed by atoms with Crippen LogP contribution in [0.2, 0.25) is 0 Å². The molecular weight excluding hydrogens is 410 g/mol. The fourth-order valence-corrected chi connectivity index (χ4v) is 4.66. The number of ether oxygens (including phenoxy) is 2. The minimum absolute atomic E-state index is 0.0414. The van der Waals surface area contributed by atoms with Crippen molar-refractivity contribution in [2.75, 3.05) is 19.0 Å². The molecule has 0 radical (unpaired) electrons. The van der Waals surface area contributed by atoms with Crippen molar-refractivity contribution in [1.82, 2.24) is 19.7 Å². The summed E-state index contributed by atoms with van der Waals surface area (Å²) in [5.41, 5.74) is 0.312. The van der Waals surface area contributed by atoms with Crippen LogP contribution in [0.1, 0.15) is 34.4 Å². The zero-order valence-corrected chi connectivity index (χ0v) is 17.2. The molecule has 0 aliphatic heterocycles. The summed E-state index contributed by atoms with van der Waals surface area (Å²) in [7, 11) is -3.01.